The topological polar surface area (TPSA) is 712 Å². The Balaban J connectivity index is 0.896. The first-order chi connectivity index (χ1) is 47.1. The van der Waals surface area contributed by atoms with E-state index in [2.05, 4.69) is 0 Å². The molecule has 45 nitrogen and oxygen atoms in total. The molecule has 576 valence electrons. The van der Waals surface area contributed by atoms with E-state index in [9.17, 15) is 138 Å². The average Bonchev–Trinajstić information content (AvgIpc) is 0.782. The van der Waals surface area contributed by atoms with Gasteiger partial charge in [-0.25, -0.2) is 0 Å². The molecule has 27 rings (SSSR count). The van der Waals surface area contributed by atoms with Crippen molar-refractivity contribution in [2.75, 3.05) is 59.5 Å². The highest BCUT2D eigenvalue weighted by atomic mass is 16.8. The van der Waals surface area contributed by atoms with Gasteiger partial charge in [-0.15, -0.1) is 0 Å². The van der Waals surface area contributed by atoms with Gasteiger partial charge in [0.15, 0.2) is 56.6 Å². The van der Waals surface area contributed by atoms with E-state index < -0.39 is 336 Å². The van der Waals surface area contributed by atoms with Gasteiger partial charge in [0.25, 0.3) is 0 Å². The fraction of sp³-hybridized carbons (Fsp3) is 1.00. The number of aliphatic hydroxyl groups is 27. The molecule has 0 spiro atoms. The maximum atomic E-state index is 11.5. The van der Waals surface area contributed by atoms with Crippen molar-refractivity contribution in [2.24, 2.45) is 0 Å². The molecule has 0 aromatic carbocycles. The third kappa shape index (κ3) is 15.8. The molecule has 27 aliphatic heterocycles. The van der Waals surface area contributed by atoms with Crippen molar-refractivity contribution < 1.29 is 223 Å². The Hall–Kier alpha value is -1.80. The molecule has 27 N–H and O–H groups in total. The third-order valence-electron chi connectivity index (χ3n) is 19.0. The summed E-state index contributed by atoms with van der Waals surface area (Å²) < 4.78 is 103. The Kier molecular flexibility index (Phi) is 27.4. The van der Waals surface area contributed by atoms with Crippen molar-refractivity contribution in [3.63, 3.8) is 0 Å². The van der Waals surface area contributed by atoms with E-state index in [1.54, 1.807) is 0 Å². The zero-order valence-corrected chi connectivity index (χ0v) is 51.8. The normalized spacial score (nSPS) is 55.4. The van der Waals surface area contributed by atoms with Crippen LogP contribution in [0.2, 0.25) is 0 Å². The molecule has 0 saturated carbocycles. The summed E-state index contributed by atoms with van der Waals surface area (Å²) in [7, 11) is 0. The lowest BCUT2D eigenvalue weighted by atomic mass is 9.95. The van der Waals surface area contributed by atoms with Crippen LogP contribution in [0.1, 0.15) is 0 Å². The minimum absolute atomic E-state index is 1.11. The van der Waals surface area contributed by atoms with Gasteiger partial charge >= 0.3 is 0 Å². The summed E-state index contributed by atoms with van der Waals surface area (Å²) in [4.78, 5) is 0. The summed E-state index contributed by atoms with van der Waals surface area (Å²) in [6.45, 7) is -9.99. The number of ether oxygens (including phenoxy) is 18. The zero-order valence-electron chi connectivity index (χ0n) is 51.8. The second-order valence-electron chi connectivity index (χ2n) is 25.3. The second kappa shape index (κ2) is 34.0. The maximum Gasteiger partial charge on any atom is 0.187 e. The van der Waals surface area contributed by atoms with Crippen LogP contribution >= 0.6 is 0 Å². The number of hydrogen-bond donors (Lipinski definition) is 27. The molecule has 45 atom stereocenters. The van der Waals surface area contributed by atoms with Crippen molar-refractivity contribution in [1.29, 1.82) is 0 Å². The molecule has 0 unspecified atom stereocenters. The molecule has 0 amide bonds. The molecule has 27 aliphatic rings. The molecule has 99 heavy (non-hydrogen) atoms. The summed E-state index contributed by atoms with van der Waals surface area (Å²) >= 11 is 0. The van der Waals surface area contributed by atoms with E-state index in [1.807, 2.05) is 0 Å². The minimum Gasteiger partial charge on any atom is -0.394 e. The van der Waals surface area contributed by atoms with Gasteiger partial charge in [-0.05, 0) is 0 Å². The van der Waals surface area contributed by atoms with E-state index in [0.29, 0.717) is 0 Å². The van der Waals surface area contributed by atoms with Crippen LogP contribution in [-0.4, -0.2) is 474 Å². The largest absolute Gasteiger partial charge is 0.394 e. The van der Waals surface area contributed by atoms with Gasteiger partial charge in [0.2, 0.25) is 0 Å². The molecule has 0 aliphatic carbocycles. The summed E-state index contributed by atoms with van der Waals surface area (Å²) in [6.07, 6.45) is -93.8. The Morgan fingerprint density at radius 2 is 0.202 bits per heavy atom. The van der Waals surface area contributed by atoms with Gasteiger partial charge in [0, 0.05) is 0 Å². The quantitative estimate of drug-likeness (QED) is 0.102. The van der Waals surface area contributed by atoms with Gasteiger partial charge < -0.3 is 223 Å². The molecule has 45 heteroatoms. The summed E-state index contributed by atoms with van der Waals surface area (Å²) in [6, 6.07) is 0. The Bertz CT molecular complexity index is 1940. The fourth-order valence-electron chi connectivity index (χ4n) is 13.4. The molecular weight excluding hydrogens is 1370 g/mol. The van der Waals surface area contributed by atoms with E-state index in [1.165, 1.54) is 0 Å². The first-order valence-corrected chi connectivity index (χ1v) is 31.7. The van der Waals surface area contributed by atoms with Crippen LogP contribution in [-0.2, 0) is 85.3 Å². The van der Waals surface area contributed by atoms with Crippen LogP contribution in [0.15, 0.2) is 0 Å². The molecule has 0 radical (unpaired) electrons. The number of aliphatic hydroxyl groups excluding tert-OH is 27. The molecule has 18 bridgehead atoms. The first-order valence-electron chi connectivity index (χ1n) is 31.7. The van der Waals surface area contributed by atoms with Crippen LogP contribution in [0.3, 0.4) is 0 Å². The van der Waals surface area contributed by atoms with E-state index in [0.717, 1.165) is 0 Å². The first kappa shape index (κ1) is 79.8. The molecule has 27 heterocycles. The van der Waals surface area contributed by atoms with Crippen molar-refractivity contribution in [3.8, 4) is 0 Å². The molecular formula is C54H90O45. The smallest absolute Gasteiger partial charge is 0.187 e. The lowest BCUT2D eigenvalue weighted by Crippen LogP contribution is -2.68. The van der Waals surface area contributed by atoms with Gasteiger partial charge in [0.05, 0.1) is 59.5 Å². The monoisotopic (exact) mass is 1460 g/mol. The highest BCUT2D eigenvalue weighted by Crippen LogP contribution is 2.40. The lowest BCUT2D eigenvalue weighted by molar-refractivity contribution is -0.399. The molecule has 27 saturated heterocycles. The highest BCUT2D eigenvalue weighted by Gasteiger charge is 2.61. The van der Waals surface area contributed by atoms with Gasteiger partial charge in [-0.2, -0.15) is 0 Å². The molecule has 0 aromatic heterocycles. The van der Waals surface area contributed by atoms with E-state index in [4.69, 9.17) is 85.3 Å². The zero-order chi connectivity index (χ0) is 72.1. The fourth-order valence-corrected chi connectivity index (χ4v) is 13.4. The van der Waals surface area contributed by atoms with Crippen LogP contribution in [0.5, 0.6) is 0 Å². The maximum absolute atomic E-state index is 11.5. The summed E-state index contributed by atoms with van der Waals surface area (Å²) in [5, 5.41) is 300. The summed E-state index contributed by atoms with van der Waals surface area (Å²) in [5.41, 5.74) is 0. The third-order valence-corrected chi connectivity index (χ3v) is 19.0. The SMILES string of the molecule is OC[C@@H]1O[C@@H]2O[C@H]3[C@H](O)[C@@H](O)[C@@H](O[C@H]4[C@@H](O)[C@H](O)[C@@H](O[C@H]5[C@H](O)[C@H](O)[C@@H](O[C@H]6[C@@H](O)[C@H](O)[C@@H](O[C@H]7[C@@H](O)[C@@H](O)[C@@H](O[C@H]8[C@H](O)[C@@H](O)[C@@H](O[C@H]9[C@H](O)[C@@H](O)[C@@H](O[C@H]%10[C@H](O)[C@@H](O)[C@@H](O[C@H]1[C@@H](O)[C@H]2O)O[C@@H]%10CO)O[C@@H]9CO)O[C@@H]8CO)O[C@@H]7CO)O[C@@H]6CO)O[C@@H]5CO)O[C@@H]4CO)O[C@@H]3CO. The van der Waals surface area contributed by atoms with Crippen LogP contribution in [0.25, 0.3) is 0 Å². The predicted octanol–water partition coefficient (Wildman–Crippen LogP) is -19.6. The van der Waals surface area contributed by atoms with Crippen molar-refractivity contribution in [2.45, 2.75) is 276 Å². The molecule has 0 aromatic rings. The Morgan fingerprint density at radius 1 is 0.121 bits per heavy atom. The summed E-state index contributed by atoms with van der Waals surface area (Å²) in [5.74, 6) is 0. The highest BCUT2D eigenvalue weighted by molar-refractivity contribution is 5.03. The molecule has 27 fully saturated rings. The predicted molar refractivity (Wildman–Crippen MR) is 294 cm³/mol. The Labute approximate surface area is 558 Å². The van der Waals surface area contributed by atoms with Gasteiger partial charge in [0.1, 0.15) is 220 Å². The Morgan fingerprint density at radius 3 is 0.273 bits per heavy atom. The minimum atomic E-state index is -2.28. The van der Waals surface area contributed by atoms with Crippen molar-refractivity contribution in [3.05, 3.63) is 0 Å². The van der Waals surface area contributed by atoms with Crippen LogP contribution in [0.4, 0.5) is 0 Å². The lowest BCUT2D eigenvalue weighted by Gasteiger charge is -2.50. The van der Waals surface area contributed by atoms with E-state index >= 15 is 0 Å². The number of rotatable bonds is 9. The van der Waals surface area contributed by atoms with Gasteiger partial charge in [-0.1, -0.05) is 0 Å². The average molecular weight is 1460 g/mol. The second-order valence-corrected chi connectivity index (χ2v) is 25.3. The number of hydrogen-bond acceptors (Lipinski definition) is 45. The van der Waals surface area contributed by atoms with Crippen LogP contribution < -0.4 is 0 Å². The standard InChI is InChI=1S/C54H90O45/c55-1-10-37-19(64)28(73)46(82-10)92-38-11(2-56)84-48(30(75)21(38)66)94-40-13(4-58)86-50(32(77)23(40)68)96-42-15(6-60)88-52(34(79)25(42)70)98-44-17(8-62)90-54(36(81)27(44)72)99-45-18(9-63)89-53(35(80)26(45)71)97-43-16(7-61)87-51(33(78)24(43)69)95-41-14(5-59)85-49(31(76)22(41)67)93-39-12(3-57)83-47(91-37)29(74)20(39)65/h10-81H,1-9H2/t10-,11-,12-,13-,14-,15-,16-,17-,18+,19+,20-,21+,22+,23-,24-,25-,26+,27-,28+,29+,30-,31+,32-,33-,34-,35-,36-,37-,38-,39-,40-,41-,42-,43-,44-,45-,46-,47-,48-,49-,50-,51-,52-,53-,54-/m1/s1. The van der Waals surface area contributed by atoms with Crippen molar-refractivity contribution >= 4 is 0 Å². The van der Waals surface area contributed by atoms with Crippen molar-refractivity contribution in [1.82, 2.24) is 0 Å². The van der Waals surface area contributed by atoms with E-state index in [-0.39, 0.29) is 0 Å². The van der Waals surface area contributed by atoms with Crippen LogP contribution in [0, 0.1) is 0 Å². The van der Waals surface area contributed by atoms with Gasteiger partial charge in [-0.3, -0.25) is 0 Å².